The van der Waals surface area contributed by atoms with E-state index < -0.39 is 0 Å². The highest BCUT2D eigenvalue weighted by Gasteiger charge is 2.21. The van der Waals surface area contributed by atoms with E-state index in [0.717, 1.165) is 16.9 Å². The van der Waals surface area contributed by atoms with Crippen LogP contribution in [0.1, 0.15) is 33.3 Å². The molecule has 0 heterocycles. The van der Waals surface area contributed by atoms with Gasteiger partial charge >= 0.3 is 0 Å². The van der Waals surface area contributed by atoms with Crippen molar-refractivity contribution in [2.45, 2.75) is 40.3 Å². The van der Waals surface area contributed by atoms with E-state index >= 15 is 0 Å². The number of anilines is 2. The summed E-state index contributed by atoms with van der Waals surface area (Å²) >= 11 is 0. The van der Waals surface area contributed by atoms with Gasteiger partial charge in [-0.2, -0.15) is 0 Å². The Morgan fingerprint density at radius 2 is 1.85 bits per heavy atom. The molecule has 4 nitrogen and oxygen atoms in total. The first kappa shape index (κ1) is 16.3. The molecule has 112 valence electrons. The molecule has 1 aromatic carbocycles. The summed E-state index contributed by atoms with van der Waals surface area (Å²) in [5, 5.41) is 0. The number of carbonyl (C=O) groups excluding carboxylic acids is 1. The minimum atomic E-state index is 0.0957. The van der Waals surface area contributed by atoms with E-state index in [9.17, 15) is 4.79 Å². The van der Waals surface area contributed by atoms with Crippen LogP contribution in [-0.4, -0.2) is 30.9 Å². The number of benzene rings is 1. The number of hydrogen-bond acceptors (Lipinski definition) is 3. The Hall–Kier alpha value is -1.71. The van der Waals surface area contributed by atoms with Gasteiger partial charge in [0.05, 0.1) is 0 Å². The molecule has 1 atom stereocenters. The van der Waals surface area contributed by atoms with E-state index in [1.165, 1.54) is 0 Å². The highest BCUT2D eigenvalue weighted by Crippen LogP contribution is 2.25. The van der Waals surface area contributed by atoms with Crippen molar-refractivity contribution >= 4 is 17.3 Å². The summed E-state index contributed by atoms with van der Waals surface area (Å²) in [6.07, 6.45) is 0. The number of nitrogens with two attached hydrogens (primary N) is 1. The lowest BCUT2D eigenvalue weighted by molar-refractivity contribution is -0.132. The Labute approximate surface area is 122 Å². The number of amides is 1. The van der Waals surface area contributed by atoms with Crippen LogP contribution in [0.25, 0.3) is 0 Å². The first-order valence-electron chi connectivity index (χ1n) is 7.07. The molecule has 0 aliphatic carbocycles. The van der Waals surface area contributed by atoms with Crippen LogP contribution in [0.2, 0.25) is 0 Å². The van der Waals surface area contributed by atoms with Crippen LogP contribution in [-0.2, 0) is 11.3 Å². The zero-order valence-corrected chi connectivity index (χ0v) is 13.5. The first-order chi connectivity index (χ1) is 9.23. The summed E-state index contributed by atoms with van der Waals surface area (Å²) in [7, 11) is 4.00. The van der Waals surface area contributed by atoms with Gasteiger partial charge in [0.25, 0.3) is 0 Å². The van der Waals surface area contributed by atoms with Gasteiger partial charge in [0.15, 0.2) is 0 Å². The van der Waals surface area contributed by atoms with E-state index in [4.69, 9.17) is 5.73 Å². The summed E-state index contributed by atoms with van der Waals surface area (Å²) in [5.74, 6) is 0.515. The number of rotatable bonds is 5. The van der Waals surface area contributed by atoms with Crippen LogP contribution in [0.3, 0.4) is 0 Å². The Morgan fingerprint density at radius 3 is 2.30 bits per heavy atom. The molecule has 0 saturated heterocycles. The minimum Gasteiger partial charge on any atom is -0.399 e. The zero-order chi connectivity index (χ0) is 15.4. The Morgan fingerprint density at radius 1 is 1.25 bits per heavy atom. The maximum absolute atomic E-state index is 11.9. The third kappa shape index (κ3) is 3.89. The Kier molecular flexibility index (Phi) is 5.43. The van der Waals surface area contributed by atoms with Gasteiger partial charge in [0, 0.05) is 45.0 Å². The summed E-state index contributed by atoms with van der Waals surface area (Å²) in [6.45, 7) is 8.57. The molecule has 1 unspecified atom stereocenters. The zero-order valence-electron chi connectivity index (χ0n) is 13.5. The van der Waals surface area contributed by atoms with E-state index in [1.807, 2.05) is 42.1 Å². The van der Waals surface area contributed by atoms with Gasteiger partial charge in [-0.25, -0.2) is 0 Å². The lowest BCUT2D eigenvalue weighted by Crippen LogP contribution is -2.39. The predicted molar refractivity (Wildman–Crippen MR) is 85.7 cm³/mol. The summed E-state index contributed by atoms with van der Waals surface area (Å²) in [5.41, 5.74) is 8.80. The van der Waals surface area contributed by atoms with Crippen molar-refractivity contribution in [1.82, 2.24) is 4.90 Å². The number of hydrogen-bond donors (Lipinski definition) is 1. The van der Waals surface area contributed by atoms with Gasteiger partial charge in [-0.1, -0.05) is 13.8 Å². The fraction of sp³-hybridized carbons (Fsp3) is 0.562. The second-order valence-electron chi connectivity index (χ2n) is 5.91. The number of nitrogen functional groups attached to an aromatic ring is 1. The molecule has 0 saturated carbocycles. The molecule has 0 fully saturated rings. The van der Waals surface area contributed by atoms with Crippen molar-refractivity contribution in [1.29, 1.82) is 0 Å². The lowest BCUT2D eigenvalue weighted by atomic mass is 10.0. The standard InChI is InChI=1S/C16H27N3O/c1-11(2)12(3)19(13(4)20)10-14-9-15(17)7-8-16(14)18(5)6/h7-9,11-12H,10,17H2,1-6H3. The SMILES string of the molecule is CC(=O)N(Cc1cc(N)ccc1N(C)C)C(C)C(C)C. The predicted octanol–water partition coefficient (Wildman–Crippen LogP) is 2.73. The summed E-state index contributed by atoms with van der Waals surface area (Å²) < 4.78 is 0. The van der Waals surface area contributed by atoms with Crippen molar-refractivity contribution in [3.63, 3.8) is 0 Å². The highest BCUT2D eigenvalue weighted by molar-refractivity contribution is 5.74. The van der Waals surface area contributed by atoms with Crippen LogP contribution in [0.5, 0.6) is 0 Å². The van der Waals surface area contributed by atoms with Gasteiger partial charge in [0.2, 0.25) is 5.91 Å². The Balaban J connectivity index is 3.11. The molecule has 0 radical (unpaired) electrons. The second-order valence-corrected chi connectivity index (χ2v) is 5.91. The summed E-state index contributed by atoms with van der Waals surface area (Å²) in [6, 6.07) is 6.05. The average molecular weight is 277 g/mol. The molecule has 0 bridgehead atoms. The van der Waals surface area contributed by atoms with Crippen LogP contribution < -0.4 is 10.6 Å². The van der Waals surface area contributed by atoms with Crippen molar-refractivity contribution < 1.29 is 4.79 Å². The molecule has 1 rings (SSSR count). The van der Waals surface area contributed by atoms with Crippen molar-refractivity contribution in [2.24, 2.45) is 5.92 Å². The van der Waals surface area contributed by atoms with Crippen molar-refractivity contribution in [3.05, 3.63) is 23.8 Å². The van der Waals surface area contributed by atoms with E-state index in [0.29, 0.717) is 12.5 Å². The second kappa shape index (κ2) is 6.64. The number of nitrogens with zero attached hydrogens (tertiary/aromatic N) is 2. The molecule has 1 aromatic rings. The maximum Gasteiger partial charge on any atom is 0.219 e. The molecule has 2 N–H and O–H groups in total. The van der Waals surface area contributed by atoms with Crippen LogP contribution in [0.4, 0.5) is 11.4 Å². The minimum absolute atomic E-state index is 0.0957. The van der Waals surface area contributed by atoms with Gasteiger partial charge < -0.3 is 15.5 Å². The van der Waals surface area contributed by atoms with Crippen LogP contribution in [0, 0.1) is 5.92 Å². The molecule has 0 aromatic heterocycles. The molecule has 0 aliphatic rings. The van der Waals surface area contributed by atoms with Crippen LogP contribution in [0.15, 0.2) is 18.2 Å². The van der Waals surface area contributed by atoms with E-state index in [1.54, 1.807) is 6.92 Å². The lowest BCUT2D eigenvalue weighted by Gasteiger charge is -2.32. The molecule has 20 heavy (non-hydrogen) atoms. The van der Waals surface area contributed by atoms with Gasteiger partial charge in [-0.3, -0.25) is 4.79 Å². The smallest absolute Gasteiger partial charge is 0.219 e. The van der Waals surface area contributed by atoms with E-state index in [-0.39, 0.29) is 11.9 Å². The fourth-order valence-electron chi connectivity index (χ4n) is 2.25. The van der Waals surface area contributed by atoms with Gasteiger partial charge in [-0.15, -0.1) is 0 Å². The first-order valence-corrected chi connectivity index (χ1v) is 7.07. The van der Waals surface area contributed by atoms with E-state index in [2.05, 4.69) is 20.8 Å². The topological polar surface area (TPSA) is 49.6 Å². The normalized spacial score (nSPS) is 12.3. The van der Waals surface area contributed by atoms with Crippen molar-refractivity contribution in [2.75, 3.05) is 24.7 Å². The molecular weight excluding hydrogens is 250 g/mol. The Bertz CT molecular complexity index is 469. The molecule has 0 spiro atoms. The van der Waals surface area contributed by atoms with Gasteiger partial charge in [-0.05, 0) is 36.6 Å². The molecule has 1 amide bonds. The fourth-order valence-corrected chi connectivity index (χ4v) is 2.25. The highest BCUT2D eigenvalue weighted by atomic mass is 16.2. The average Bonchev–Trinajstić information content (AvgIpc) is 2.34. The third-order valence-electron chi connectivity index (χ3n) is 3.79. The maximum atomic E-state index is 11.9. The molecular formula is C16H27N3O. The summed E-state index contributed by atoms with van der Waals surface area (Å²) in [4.78, 5) is 15.9. The van der Waals surface area contributed by atoms with Gasteiger partial charge in [0.1, 0.15) is 0 Å². The third-order valence-corrected chi connectivity index (χ3v) is 3.79. The largest absolute Gasteiger partial charge is 0.399 e. The van der Waals surface area contributed by atoms with Crippen LogP contribution >= 0.6 is 0 Å². The monoisotopic (exact) mass is 277 g/mol. The van der Waals surface area contributed by atoms with Crippen molar-refractivity contribution in [3.8, 4) is 0 Å². The molecule has 0 aliphatic heterocycles. The molecule has 4 heteroatoms. The number of carbonyl (C=O) groups is 1. The quantitative estimate of drug-likeness (QED) is 0.842.